The predicted octanol–water partition coefficient (Wildman–Crippen LogP) is 2.07. The van der Waals surface area contributed by atoms with Gasteiger partial charge in [-0.3, -0.25) is 4.79 Å². The zero-order valence-electron chi connectivity index (χ0n) is 16.7. The first-order valence-corrected chi connectivity index (χ1v) is 9.86. The van der Waals surface area contributed by atoms with Gasteiger partial charge >= 0.3 is 0 Å². The van der Waals surface area contributed by atoms with Crippen molar-refractivity contribution in [1.29, 1.82) is 0 Å². The van der Waals surface area contributed by atoms with Crippen LogP contribution in [-0.2, 0) is 0 Å². The van der Waals surface area contributed by atoms with Gasteiger partial charge in [0.15, 0.2) is 17.3 Å². The normalized spacial score (nSPS) is 17.1. The van der Waals surface area contributed by atoms with Crippen LogP contribution in [0.25, 0.3) is 11.2 Å². The maximum absolute atomic E-state index is 13.7. The Morgan fingerprint density at radius 3 is 2.80 bits per heavy atom. The smallest absolute Gasteiger partial charge is 0.289 e. The number of H-pyrrole nitrogens is 1. The number of benzene rings is 1. The van der Waals surface area contributed by atoms with Crippen molar-refractivity contribution in [2.45, 2.75) is 20.0 Å². The van der Waals surface area contributed by atoms with Crippen LogP contribution in [0.15, 0.2) is 24.5 Å². The maximum Gasteiger partial charge on any atom is 0.289 e. The highest BCUT2D eigenvalue weighted by Crippen LogP contribution is 2.35. The molecule has 0 aliphatic carbocycles. The highest BCUT2D eigenvalue weighted by Gasteiger charge is 2.49. The van der Waals surface area contributed by atoms with Crippen molar-refractivity contribution in [2.75, 3.05) is 31.5 Å². The van der Waals surface area contributed by atoms with Crippen molar-refractivity contribution in [3.8, 4) is 5.75 Å². The summed E-state index contributed by atoms with van der Waals surface area (Å²) in [5.74, 6) is 0.477. The van der Waals surface area contributed by atoms with Crippen LogP contribution in [0.4, 0.5) is 15.9 Å². The Kier molecular flexibility index (Phi) is 4.31. The first-order valence-electron chi connectivity index (χ1n) is 9.86. The number of hydrogen-bond acceptors (Lipinski definition) is 7. The molecule has 3 aromatic rings. The molecule has 1 aromatic carbocycles. The molecule has 1 amide bonds. The third-order valence-corrected chi connectivity index (χ3v) is 5.39. The lowest BCUT2D eigenvalue weighted by molar-refractivity contribution is -0.0254. The summed E-state index contributed by atoms with van der Waals surface area (Å²) in [5.41, 5.74) is 1.67. The van der Waals surface area contributed by atoms with Crippen LogP contribution in [0.1, 0.15) is 24.5 Å². The number of likely N-dealkylation sites (tertiary alicyclic amines) is 1. The standard InChI is InChI=1S/C20H22FN7O2/c1-11(2)30-14-5-12(21)3-4-13(14)25-16-15-17(24-10-23-16)27-18(26-15)19(29)28-8-20(9-28)6-22-7-20/h3-5,10-11,22H,6-9H2,1-2H3,(H2,23,24,25,26,27). The number of hydrogen-bond donors (Lipinski definition) is 3. The van der Waals surface area contributed by atoms with Crippen LogP contribution in [0.2, 0.25) is 0 Å². The molecule has 10 heteroatoms. The number of rotatable bonds is 5. The van der Waals surface area contributed by atoms with Crippen molar-refractivity contribution in [3.63, 3.8) is 0 Å². The second-order valence-corrected chi connectivity index (χ2v) is 8.20. The predicted molar refractivity (Wildman–Crippen MR) is 108 cm³/mol. The number of nitrogens with one attached hydrogen (secondary N) is 3. The number of imidazole rings is 1. The molecular weight excluding hydrogens is 389 g/mol. The van der Waals surface area contributed by atoms with Crippen LogP contribution >= 0.6 is 0 Å². The fraction of sp³-hybridized carbons (Fsp3) is 0.400. The molecule has 2 aliphatic rings. The zero-order valence-corrected chi connectivity index (χ0v) is 16.7. The molecule has 5 rings (SSSR count). The van der Waals surface area contributed by atoms with Crippen LogP contribution in [0.5, 0.6) is 5.75 Å². The van der Waals surface area contributed by atoms with E-state index in [0.29, 0.717) is 28.4 Å². The van der Waals surface area contributed by atoms with Gasteiger partial charge in [0.1, 0.15) is 23.4 Å². The summed E-state index contributed by atoms with van der Waals surface area (Å²) in [6, 6.07) is 4.23. The fourth-order valence-corrected chi connectivity index (χ4v) is 3.86. The topological polar surface area (TPSA) is 108 Å². The summed E-state index contributed by atoms with van der Waals surface area (Å²) < 4.78 is 19.4. The van der Waals surface area contributed by atoms with E-state index in [1.165, 1.54) is 18.5 Å². The van der Waals surface area contributed by atoms with E-state index in [0.717, 1.165) is 26.2 Å². The monoisotopic (exact) mass is 411 g/mol. The van der Waals surface area contributed by atoms with Gasteiger partial charge in [0.2, 0.25) is 0 Å². The van der Waals surface area contributed by atoms with E-state index in [4.69, 9.17) is 4.74 Å². The molecule has 0 atom stereocenters. The third kappa shape index (κ3) is 3.22. The zero-order chi connectivity index (χ0) is 20.9. The van der Waals surface area contributed by atoms with E-state index in [2.05, 4.69) is 30.6 Å². The number of amides is 1. The van der Waals surface area contributed by atoms with Crippen LogP contribution in [-0.4, -0.2) is 63.0 Å². The van der Waals surface area contributed by atoms with E-state index in [1.54, 1.807) is 11.0 Å². The number of carbonyl (C=O) groups excluding carboxylic acids is 1. The average molecular weight is 411 g/mol. The molecule has 0 bridgehead atoms. The Bertz CT molecular complexity index is 1120. The van der Waals surface area contributed by atoms with E-state index in [-0.39, 0.29) is 23.3 Å². The van der Waals surface area contributed by atoms with Gasteiger partial charge in [-0.05, 0) is 26.0 Å². The number of ether oxygens (including phenoxy) is 1. The summed E-state index contributed by atoms with van der Waals surface area (Å²) >= 11 is 0. The molecule has 0 radical (unpaired) electrons. The molecule has 9 nitrogen and oxygen atoms in total. The molecule has 3 N–H and O–H groups in total. The van der Waals surface area contributed by atoms with Gasteiger partial charge < -0.3 is 25.3 Å². The van der Waals surface area contributed by atoms with Crippen molar-refractivity contribution in [1.82, 2.24) is 30.2 Å². The van der Waals surface area contributed by atoms with Crippen molar-refractivity contribution in [2.24, 2.45) is 5.41 Å². The van der Waals surface area contributed by atoms with Gasteiger partial charge in [-0.1, -0.05) is 0 Å². The molecule has 0 unspecified atom stereocenters. The average Bonchev–Trinajstić information content (AvgIpc) is 3.06. The molecule has 2 aliphatic heterocycles. The molecule has 4 heterocycles. The Morgan fingerprint density at radius 2 is 2.10 bits per heavy atom. The van der Waals surface area contributed by atoms with Crippen LogP contribution in [0, 0.1) is 11.2 Å². The Balaban J connectivity index is 1.41. The second kappa shape index (κ2) is 6.91. The Hall–Kier alpha value is -3.27. The molecule has 0 saturated carbocycles. The minimum atomic E-state index is -0.396. The van der Waals surface area contributed by atoms with Gasteiger partial charge in [-0.25, -0.2) is 19.3 Å². The lowest BCUT2D eigenvalue weighted by Gasteiger charge is -2.55. The highest BCUT2D eigenvalue weighted by atomic mass is 19.1. The highest BCUT2D eigenvalue weighted by molar-refractivity contribution is 5.96. The number of fused-ring (bicyclic) bond motifs is 1. The third-order valence-electron chi connectivity index (χ3n) is 5.39. The Morgan fingerprint density at radius 1 is 1.30 bits per heavy atom. The second-order valence-electron chi connectivity index (χ2n) is 8.20. The van der Waals surface area contributed by atoms with Gasteiger partial charge in [0.25, 0.3) is 5.91 Å². The molecule has 30 heavy (non-hydrogen) atoms. The van der Waals surface area contributed by atoms with Crippen molar-refractivity contribution < 1.29 is 13.9 Å². The van der Waals surface area contributed by atoms with Gasteiger partial charge in [0, 0.05) is 37.7 Å². The molecule has 2 aromatic heterocycles. The van der Waals surface area contributed by atoms with E-state index >= 15 is 0 Å². The summed E-state index contributed by atoms with van der Waals surface area (Å²) in [7, 11) is 0. The molecule has 1 spiro atoms. The summed E-state index contributed by atoms with van der Waals surface area (Å²) in [4.78, 5) is 30.4. The van der Waals surface area contributed by atoms with E-state index in [9.17, 15) is 9.18 Å². The molecule has 2 fully saturated rings. The molecular formula is C20H22FN7O2. The van der Waals surface area contributed by atoms with E-state index in [1.807, 2.05) is 13.8 Å². The fourth-order valence-electron chi connectivity index (χ4n) is 3.86. The van der Waals surface area contributed by atoms with Crippen molar-refractivity contribution in [3.05, 3.63) is 36.2 Å². The number of carbonyl (C=O) groups is 1. The number of halogens is 1. The van der Waals surface area contributed by atoms with Gasteiger partial charge in [-0.2, -0.15) is 0 Å². The van der Waals surface area contributed by atoms with Gasteiger partial charge in [-0.15, -0.1) is 0 Å². The molecule has 156 valence electrons. The first-order chi connectivity index (χ1) is 14.4. The molecule has 2 saturated heterocycles. The minimum Gasteiger partial charge on any atom is -0.489 e. The quantitative estimate of drug-likeness (QED) is 0.590. The minimum absolute atomic E-state index is 0.125. The largest absolute Gasteiger partial charge is 0.489 e. The van der Waals surface area contributed by atoms with Crippen molar-refractivity contribution >= 4 is 28.6 Å². The van der Waals surface area contributed by atoms with Crippen LogP contribution < -0.4 is 15.4 Å². The maximum atomic E-state index is 13.7. The summed E-state index contributed by atoms with van der Waals surface area (Å²) in [6.45, 7) is 7.11. The number of anilines is 2. The summed E-state index contributed by atoms with van der Waals surface area (Å²) in [5, 5.41) is 6.40. The van der Waals surface area contributed by atoms with E-state index < -0.39 is 5.82 Å². The SMILES string of the molecule is CC(C)Oc1cc(F)ccc1Nc1ncnc2nc(C(=O)N3CC4(CNC4)C3)[nH]c12. The van der Waals surface area contributed by atoms with Gasteiger partial charge in [0.05, 0.1) is 11.8 Å². The number of nitrogens with zero attached hydrogens (tertiary/aromatic N) is 4. The number of aromatic nitrogens is 4. The number of aromatic amines is 1. The Labute approximate surface area is 172 Å². The lowest BCUT2D eigenvalue weighted by atomic mass is 9.74. The first kappa shape index (κ1) is 18.7. The lowest BCUT2D eigenvalue weighted by Crippen LogP contribution is -2.72. The van der Waals surface area contributed by atoms with Crippen LogP contribution in [0.3, 0.4) is 0 Å². The summed E-state index contributed by atoms with van der Waals surface area (Å²) in [6.07, 6.45) is 1.24.